The molecule has 0 aromatic carbocycles. The Bertz CT molecular complexity index is 359. The normalized spacial score (nSPS) is 24.1. The number of carbonyl (C=O) groups is 1. The van der Waals surface area contributed by atoms with Gasteiger partial charge in [-0.3, -0.25) is 4.79 Å². The predicted molar refractivity (Wildman–Crippen MR) is 86.1 cm³/mol. The van der Waals surface area contributed by atoms with Gasteiger partial charge in [0.25, 0.3) is 0 Å². The third kappa shape index (κ3) is 4.18. The molecule has 1 aliphatic heterocycles. The van der Waals surface area contributed by atoms with Crippen LogP contribution in [0.3, 0.4) is 0 Å². The first kappa shape index (κ1) is 16.7. The number of likely N-dealkylation sites (N-methyl/N-ethyl adjacent to an activating group) is 2. The largest absolute Gasteiger partial charge is 0.343 e. The van der Waals surface area contributed by atoms with Crippen LogP contribution in [0.1, 0.15) is 32.6 Å². The van der Waals surface area contributed by atoms with Crippen LogP contribution < -0.4 is 5.73 Å². The van der Waals surface area contributed by atoms with E-state index in [1.807, 2.05) is 18.9 Å². The number of nitrogens with two attached hydrogens (primary N) is 1. The maximum Gasteiger partial charge on any atom is 0.242 e. The molecule has 2 aliphatic rings. The van der Waals surface area contributed by atoms with E-state index in [0.29, 0.717) is 12.0 Å². The van der Waals surface area contributed by atoms with E-state index in [2.05, 4.69) is 23.9 Å². The summed E-state index contributed by atoms with van der Waals surface area (Å²) in [5.74, 6) is 0.487. The summed E-state index contributed by atoms with van der Waals surface area (Å²) >= 11 is 0. The first-order valence-corrected chi connectivity index (χ1v) is 8.25. The third-order valence-corrected chi connectivity index (χ3v) is 5.33. The average Bonchev–Trinajstić information content (AvgIpc) is 3.29. The van der Waals surface area contributed by atoms with Crippen LogP contribution in [0.5, 0.6) is 0 Å². The molecule has 1 saturated heterocycles. The topological polar surface area (TPSA) is 52.8 Å². The molecule has 5 nitrogen and oxygen atoms in total. The molecule has 2 fully saturated rings. The maximum absolute atomic E-state index is 12.5. The first-order chi connectivity index (χ1) is 9.82. The van der Waals surface area contributed by atoms with Crippen molar-refractivity contribution in [1.82, 2.24) is 14.7 Å². The van der Waals surface area contributed by atoms with Gasteiger partial charge in [-0.2, -0.15) is 0 Å². The molecular formula is C16H32N4O. The number of hydrogen-bond acceptors (Lipinski definition) is 4. The molecular weight excluding hydrogens is 264 g/mol. The minimum atomic E-state index is -0.666. The molecule has 0 spiro atoms. The van der Waals surface area contributed by atoms with Gasteiger partial charge in [0, 0.05) is 26.2 Å². The monoisotopic (exact) mass is 296 g/mol. The smallest absolute Gasteiger partial charge is 0.242 e. The molecule has 2 N–H and O–H groups in total. The van der Waals surface area contributed by atoms with Crippen LogP contribution in [0.25, 0.3) is 0 Å². The molecule has 1 amide bonds. The van der Waals surface area contributed by atoms with Crippen molar-refractivity contribution in [2.75, 3.05) is 47.3 Å². The molecule has 0 radical (unpaired) electrons. The molecule has 1 saturated carbocycles. The quantitative estimate of drug-likeness (QED) is 0.780. The van der Waals surface area contributed by atoms with Crippen LogP contribution in [0.2, 0.25) is 0 Å². The minimum absolute atomic E-state index is 0.0989. The van der Waals surface area contributed by atoms with Gasteiger partial charge < -0.3 is 20.4 Å². The van der Waals surface area contributed by atoms with Crippen LogP contribution in [0, 0.1) is 5.92 Å². The van der Waals surface area contributed by atoms with Gasteiger partial charge in [0.1, 0.15) is 0 Å². The first-order valence-electron chi connectivity index (χ1n) is 8.25. The third-order valence-electron chi connectivity index (χ3n) is 5.33. The zero-order valence-corrected chi connectivity index (χ0v) is 14.1. The van der Waals surface area contributed by atoms with Crippen molar-refractivity contribution in [2.24, 2.45) is 11.7 Å². The van der Waals surface area contributed by atoms with Gasteiger partial charge in [0.15, 0.2) is 0 Å². The standard InChI is InChI=1S/C16H32N4O/c1-16(17,13-5-6-13)15(21)20(4)12-11-19(3)14-7-9-18(2)10-8-14/h13-14H,5-12,17H2,1-4H3. The highest BCUT2D eigenvalue weighted by molar-refractivity contribution is 5.86. The van der Waals surface area contributed by atoms with Gasteiger partial charge in [0.2, 0.25) is 5.91 Å². The molecule has 0 aromatic heterocycles. The number of nitrogens with zero attached hydrogens (tertiary/aromatic N) is 3. The summed E-state index contributed by atoms with van der Waals surface area (Å²) in [5, 5.41) is 0. The zero-order valence-electron chi connectivity index (χ0n) is 14.1. The highest BCUT2D eigenvalue weighted by Crippen LogP contribution is 2.38. The van der Waals surface area contributed by atoms with Crippen molar-refractivity contribution in [3.05, 3.63) is 0 Å². The molecule has 5 heteroatoms. The van der Waals surface area contributed by atoms with Gasteiger partial charge in [-0.1, -0.05) is 0 Å². The molecule has 0 bridgehead atoms. The van der Waals surface area contributed by atoms with Crippen molar-refractivity contribution in [1.29, 1.82) is 0 Å². The Morgan fingerprint density at radius 1 is 1.19 bits per heavy atom. The van der Waals surface area contributed by atoms with Gasteiger partial charge >= 0.3 is 0 Å². The molecule has 0 aromatic rings. The number of rotatable bonds is 6. The fourth-order valence-corrected chi connectivity index (χ4v) is 3.30. The lowest BCUT2D eigenvalue weighted by molar-refractivity contribution is -0.136. The van der Waals surface area contributed by atoms with Gasteiger partial charge in [-0.25, -0.2) is 0 Å². The lowest BCUT2D eigenvalue weighted by Gasteiger charge is -2.36. The van der Waals surface area contributed by atoms with Crippen LogP contribution in [0.4, 0.5) is 0 Å². The second kappa shape index (κ2) is 6.63. The Labute approximate surface area is 129 Å². The van der Waals surface area contributed by atoms with Crippen molar-refractivity contribution >= 4 is 5.91 Å². The van der Waals surface area contributed by atoms with E-state index in [4.69, 9.17) is 5.73 Å². The number of carbonyl (C=O) groups excluding carboxylic acids is 1. The minimum Gasteiger partial charge on any atom is -0.343 e. The van der Waals surface area contributed by atoms with Crippen LogP contribution in [-0.4, -0.2) is 79.5 Å². The Kier molecular flexibility index (Phi) is 5.28. The summed E-state index contributed by atoms with van der Waals surface area (Å²) in [6.07, 6.45) is 4.65. The Morgan fingerprint density at radius 2 is 1.76 bits per heavy atom. The lowest BCUT2D eigenvalue weighted by atomic mass is 9.95. The van der Waals surface area contributed by atoms with E-state index >= 15 is 0 Å². The number of amides is 1. The van der Waals surface area contributed by atoms with Crippen LogP contribution in [-0.2, 0) is 4.79 Å². The van der Waals surface area contributed by atoms with Crippen LogP contribution >= 0.6 is 0 Å². The van der Waals surface area contributed by atoms with Gasteiger partial charge in [0.05, 0.1) is 5.54 Å². The highest BCUT2D eigenvalue weighted by Gasteiger charge is 2.45. The maximum atomic E-state index is 12.5. The molecule has 122 valence electrons. The Morgan fingerprint density at radius 3 is 2.29 bits per heavy atom. The second-order valence-corrected chi connectivity index (χ2v) is 7.30. The molecule has 1 atom stereocenters. The van der Waals surface area contributed by atoms with E-state index in [-0.39, 0.29) is 5.91 Å². The predicted octanol–water partition coefficient (Wildman–Crippen LogP) is 0.598. The lowest BCUT2D eigenvalue weighted by Crippen LogP contribution is -2.55. The van der Waals surface area contributed by atoms with E-state index in [1.165, 1.54) is 25.9 Å². The van der Waals surface area contributed by atoms with Crippen molar-refractivity contribution in [2.45, 2.75) is 44.2 Å². The second-order valence-electron chi connectivity index (χ2n) is 7.30. The summed E-state index contributed by atoms with van der Waals surface area (Å²) in [4.78, 5) is 19.1. The summed E-state index contributed by atoms with van der Waals surface area (Å²) in [6.45, 7) is 5.93. The molecule has 2 rings (SSSR count). The van der Waals surface area contributed by atoms with Crippen molar-refractivity contribution < 1.29 is 4.79 Å². The van der Waals surface area contributed by atoms with Crippen molar-refractivity contribution in [3.8, 4) is 0 Å². The fraction of sp³-hybridized carbons (Fsp3) is 0.938. The van der Waals surface area contributed by atoms with E-state index < -0.39 is 5.54 Å². The average molecular weight is 296 g/mol. The molecule has 1 aliphatic carbocycles. The summed E-state index contributed by atoms with van der Waals surface area (Å²) in [5.41, 5.74) is 5.55. The Hall–Kier alpha value is -0.650. The van der Waals surface area contributed by atoms with Crippen LogP contribution in [0.15, 0.2) is 0 Å². The number of piperidine rings is 1. The van der Waals surface area contributed by atoms with E-state index in [1.54, 1.807) is 0 Å². The molecule has 1 heterocycles. The highest BCUT2D eigenvalue weighted by atomic mass is 16.2. The fourth-order valence-electron chi connectivity index (χ4n) is 3.30. The number of likely N-dealkylation sites (tertiary alicyclic amines) is 1. The summed E-state index contributed by atoms with van der Waals surface area (Å²) in [6, 6.07) is 0.650. The van der Waals surface area contributed by atoms with Gasteiger partial charge in [-0.05, 0) is 65.7 Å². The summed E-state index contributed by atoms with van der Waals surface area (Å²) in [7, 11) is 6.25. The molecule has 1 unspecified atom stereocenters. The summed E-state index contributed by atoms with van der Waals surface area (Å²) < 4.78 is 0. The zero-order chi connectivity index (χ0) is 15.6. The SMILES string of the molecule is CN1CCC(N(C)CCN(C)C(=O)C(C)(N)C2CC2)CC1. The Balaban J connectivity index is 1.75. The van der Waals surface area contributed by atoms with E-state index in [0.717, 1.165) is 25.9 Å². The van der Waals surface area contributed by atoms with Crippen molar-refractivity contribution in [3.63, 3.8) is 0 Å². The van der Waals surface area contributed by atoms with Gasteiger partial charge in [-0.15, -0.1) is 0 Å². The van der Waals surface area contributed by atoms with E-state index in [9.17, 15) is 4.79 Å². The number of hydrogen-bond donors (Lipinski definition) is 1. The molecule has 21 heavy (non-hydrogen) atoms.